The van der Waals surface area contributed by atoms with Gasteiger partial charge in [0.25, 0.3) is 0 Å². The molecule has 7 heteroatoms. The summed E-state index contributed by atoms with van der Waals surface area (Å²) in [5.41, 5.74) is 5.97. The first-order chi connectivity index (χ1) is 13.4. The summed E-state index contributed by atoms with van der Waals surface area (Å²) >= 11 is 1.63. The lowest BCUT2D eigenvalue weighted by Crippen LogP contribution is -2.01. The van der Waals surface area contributed by atoms with Crippen LogP contribution in [0.2, 0.25) is 0 Å². The zero-order chi connectivity index (χ0) is 18.1. The molecule has 0 radical (unpaired) electrons. The third kappa shape index (κ3) is 3.04. The van der Waals surface area contributed by atoms with Gasteiger partial charge in [-0.3, -0.25) is 0 Å². The fraction of sp³-hybridized carbons (Fsp3) is 0.200. The van der Waals surface area contributed by atoms with Crippen LogP contribution in [0.25, 0.3) is 11.4 Å². The van der Waals surface area contributed by atoms with Crippen molar-refractivity contribution < 1.29 is 0 Å². The molecule has 0 N–H and O–H groups in total. The van der Waals surface area contributed by atoms with Gasteiger partial charge in [-0.05, 0) is 59.5 Å². The molecule has 0 saturated carbocycles. The predicted octanol–water partition coefficient (Wildman–Crippen LogP) is 3.63. The van der Waals surface area contributed by atoms with Crippen LogP contribution in [0.1, 0.15) is 23.4 Å². The molecule has 0 amide bonds. The Bertz CT molecular complexity index is 1050. The molecule has 2 heterocycles. The molecule has 0 bridgehead atoms. The van der Waals surface area contributed by atoms with Gasteiger partial charge in [-0.1, -0.05) is 48.2 Å². The zero-order valence-corrected chi connectivity index (χ0v) is 15.5. The van der Waals surface area contributed by atoms with E-state index < -0.39 is 0 Å². The normalized spacial score (nSPS) is 13.0. The summed E-state index contributed by atoms with van der Waals surface area (Å²) in [4.78, 5) is 0. The van der Waals surface area contributed by atoms with Crippen molar-refractivity contribution in [3.63, 3.8) is 0 Å². The van der Waals surface area contributed by atoms with E-state index in [1.54, 1.807) is 16.4 Å². The Hall–Kier alpha value is -2.93. The van der Waals surface area contributed by atoms with Gasteiger partial charge in [-0.2, -0.15) is 9.78 Å². The molecule has 0 atom stereocenters. The Morgan fingerprint density at radius 2 is 1.56 bits per heavy atom. The summed E-state index contributed by atoms with van der Waals surface area (Å²) in [6, 6.07) is 20.3. The van der Waals surface area contributed by atoms with Gasteiger partial charge in [0.05, 0.1) is 17.1 Å². The van der Waals surface area contributed by atoms with Crippen LogP contribution in [0.4, 0.5) is 0 Å². The quantitative estimate of drug-likeness (QED) is 0.499. The number of aromatic nitrogens is 6. The number of benzene rings is 2. The summed E-state index contributed by atoms with van der Waals surface area (Å²) in [6.07, 6.45) is 3.38. The average Bonchev–Trinajstić information content (AvgIpc) is 3.45. The molecule has 0 spiro atoms. The van der Waals surface area contributed by atoms with Crippen molar-refractivity contribution in [3.05, 3.63) is 77.6 Å². The van der Waals surface area contributed by atoms with E-state index in [4.69, 9.17) is 5.10 Å². The van der Waals surface area contributed by atoms with E-state index >= 15 is 0 Å². The molecule has 2 aromatic heterocycles. The maximum atomic E-state index is 4.92. The molecule has 5 rings (SSSR count). The minimum atomic E-state index is 0.759. The topological polar surface area (TPSA) is 61.4 Å². The van der Waals surface area contributed by atoms with Crippen molar-refractivity contribution in [1.82, 2.24) is 30.0 Å². The first-order valence-electron chi connectivity index (χ1n) is 9.02. The van der Waals surface area contributed by atoms with Gasteiger partial charge in [0.1, 0.15) is 0 Å². The van der Waals surface area contributed by atoms with Crippen molar-refractivity contribution in [3.8, 4) is 11.4 Å². The molecule has 0 unspecified atom stereocenters. The van der Waals surface area contributed by atoms with E-state index in [1.165, 1.54) is 17.7 Å². The number of thioether (sulfide) groups is 1. The number of fused-ring (bicyclic) bond motifs is 1. The van der Waals surface area contributed by atoms with E-state index in [2.05, 4.69) is 44.5 Å². The highest BCUT2D eigenvalue weighted by Crippen LogP contribution is 2.31. The van der Waals surface area contributed by atoms with Crippen molar-refractivity contribution >= 4 is 11.8 Å². The molecular weight excluding hydrogens is 356 g/mol. The van der Waals surface area contributed by atoms with E-state index in [-0.39, 0.29) is 0 Å². The van der Waals surface area contributed by atoms with Gasteiger partial charge in [0.2, 0.25) is 5.16 Å². The Balaban J connectivity index is 1.43. The third-order valence-corrected chi connectivity index (χ3v) is 5.72. The van der Waals surface area contributed by atoms with Crippen molar-refractivity contribution in [2.24, 2.45) is 0 Å². The molecule has 27 heavy (non-hydrogen) atoms. The number of hydrogen-bond acceptors (Lipinski definition) is 5. The van der Waals surface area contributed by atoms with Gasteiger partial charge < -0.3 is 0 Å². The average molecular weight is 374 g/mol. The van der Waals surface area contributed by atoms with Crippen LogP contribution in [0.15, 0.2) is 65.8 Å². The lowest BCUT2D eigenvalue weighted by molar-refractivity contribution is 0.754. The first kappa shape index (κ1) is 16.3. The molecule has 1 aliphatic rings. The van der Waals surface area contributed by atoms with Crippen LogP contribution in [0.5, 0.6) is 0 Å². The fourth-order valence-electron chi connectivity index (χ4n) is 3.55. The zero-order valence-electron chi connectivity index (χ0n) is 14.7. The van der Waals surface area contributed by atoms with Gasteiger partial charge in [-0.25, -0.2) is 4.68 Å². The standard InChI is InChI=1S/C20H18N6S/c1-3-8-15(9-4-1)25-19-13-7-12-17(19)18(22-25)14-27-20-21-23-24-26(20)16-10-5-2-6-11-16/h1-6,8-11H,7,12-14H2. The maximum Gasteiger partial charge on any atom is 0.214 e. The minimum absolute atomic E-state index is 0.759. The molecule has 0 aliphatic heterocycles. The van der Waals surface area contributed by atoms with Crippen molar-refractivity contribution in [2.75, 3.05) is 0 Å². The molecule has 4 aromatic rings. The summed E-state index contributed by atoms with van der Waals surface area (Å²) in [7, 11) is 0. The van der Waals surface area contributed by atoms with Gasteiger partial charge >= 0.3 is 0 Å². The van der Waals surface area contributed by atoms with Crippen LogP contribution in [0, 0.1) is 0 Å². The first-order valence-corrected chi connectivity index (χ1v) is 10.0. The smallest absolute Gasteiger partial charge is 0.214 e. The van der Waals surface area contributed by atoms with Crippen molar-refractivity contribution in [2.45, 2.75) is 30.2 Å². The Morgan fingerprint density at radius 1 is 0.852 bits per heavy atom. The monoisotopic (exact) mass is 374 g/mol. The van der Waals surface area contributed by atoms with Crippen LogP contribution < -0.4 is 0 Å². The second kappa shape index (κ2) is 7.00. The number of rotatable bonds is 5. The number of hydrogen-bond donors (Lipinski definition) is 0. The second-order valence-electron chi connectivity index (χ2n) is 6.47. The van der Waals surface area contributed by atoms with Gasteiger partial charge in [0.15, 0.2) is 0 Å². The molecule has 0 fully saturated rings. The predicted molar refractivity (Wildman–Crippen MR) is 104 cm³/mol. The maximum absolute atomic E-state index is 4.92. The van der Waals surface area contributed by atoms with Crippen molar-refractivity contribution in [1.29, 1.82) is 0 Å². The highest BCUT2D eigenvalue weighted by Gasteiger charge is 2.23. The molecule has 134 valence electrons. The molecule has 0 saturated heterocycles. The second-order valence-corrected chi connectivity index (χ2v) is 7.41. The van der Waals surface area contributed by atoms with E-state index in [1.807, 2.05) is 36.4 Å². The summed E-state index contributed by atoms with van der Waals surface area (Å²) in [5, 5.41) is 17.9. The van der Waals surface area contributed by atoms with Crippen LogP contribution in [-0.4, -0.2) is 30.0 Å². The van der Waals surface area contributed by atoms with Gasteiger partial charge in [0, 0.05) is 11.4 Å². The van der Waals surface area contributed by atoms with E-state index in [0.717, 1.165) is 40.8 Å². The van der Waals surface area contributed by atoms with E-state index in [0.29, 0.717) is 0 Å². The largest absolute Gasteiger partial charge is 0.237 e. The lowest BCUT2D eigenvalue weighted by atomic mass is 10.2. The number of nitrogens with zero attached hydrogens (tertiary/aromatic N) is 6. The van der Waals surface area contributed by atoms with Crippen LogP contribution in [0.3, 0.4) is 0 Å². The molecule has 1 aliphatic carbocycles. The summed E-state index contributed by atoms with van der Waals surface area (Å²) < 4.78 is 3.89. The Labute approximate surface area is 161 Å². The summed E-state index contributed by atoms with van der Waals surface area (Å²) in [6.45, 7) is 0. The molecular formula is C20H18N6S. The third-order valence-electron chi connectivity index (χ3n) is 4.79. The summed E-state index contributed by atoms with van der Waals surface area (Å²) in [5.74, 6) is 0.759. The SMILES string of the molecule is c1ccc(-n2nnnc2SCc2nn(-c3ccccc3)c3c2CCC3)cc1. The van der Waals surface area contributed by atoms with E-state index in [9.17, 15) is 0 Å². The highest BCUT2D eigenvalue weighted by molar-refractivity contribution is 7.98. The Morgan fingerprint density at radius 3 is 2.30 bits per heavy atom. The molecule has 6 nitrogen and oxygen atoms in total. The Kier molecular flexibility index (Phi) is 4.21. The molecule has 2 aromatic carbocycles. The minimum Gasteiger partial charge on any atom is -0.237 e. The van der Waals surface area contributed by atoms with Crippen LogP contribution >= 0.6 is 11.8 Å². The lowest BCUT2D eigenvalue weighted by Gasteiger charge is -2.05. The number of tetrazole rings is 1. The highest BCUT2D eigenvalue weighted by atomic mass is 32.2. The van der Waals surface area contributed by atoms with Gasteiger partial charge in [-0.15, -0.1) is 5.10 Å². The number of para-hydroxylation sites is 2. The van der Waals surface area contributed by atoms with Crippen LogP contribution in [-0.2, 0) is 18.6 Å². The fourth-order valence-corrected chi connectivity index (χ4v) is 4.40.